The summed E-state index contributed by atoms with van der Waals surface area (Å²) in [4.78, 5) is 0. The van der Waals surface area contributed by atoms with Gasteiger partial charge in [-0.1, -0.05) is 41.9 Å². The van der Waals surface area contributed by atoms with Crippen molar-refractivity contribution in [3.63, 3.8) is 0 Å². The Bertz CT molecular complexity index is 920. The van der Waals surface area contributed by atoms with Crippen LogP contribution in [0.25, 0.3) is 0 Å². The fourth-order valence-corrected chi connectivity index (χ4v) is 5.72. The second kappa shape index (κ2) is 7.25. The average Bonchev–Trinajstić information content (AvgIpc) is 2.73. The number of rotatable bonds is 7. The first-order valence-electron chi connectivity index (χ1n) is 7.21. The maximum absolute atomic E-state index is 12.2. The smallest absolute Gasteiger partial charge is 0.155 e. The molecule has 0 N–H and O–H groups in total. The van der Waals surface area contributed by atoms with Crippen LogP contribution in [0.1, 0.15) is 16.8 Å². The lowest BCUT2D eigenvalue weighted by atomic mass is 10.2. The van der Waals surface area contributed by atoms with E-state index < -0.39 is 31.2 Å². The molecule has 0 aliphatic carbocycles. The zero-order chi connectivity index (χ0) is 18.0. The molecule has 0 saturated heterocycles. The van der Waals surface area contributed by atoms with E-state index in [2.05, 4.69) is 5.10 Å². The van der Waals surface area contributed by atoms with Gasteiger partial charge in [-0.05, 0) is 12.5 Å². The number of benzene rings is 1. The van der Waals surface area contributed by atoms with Crippen LogP contribution in [0.4, 0.5) is 0 Å². The average molecular weight is 391 g/mol. The van der Waals surface area contributed by atoms with Crippen molar-refractivity contribution < 1.29 is 16.8 Å². The molecule has 0 bridgehead atoms. The predicted molar refractivity (Wildman–Crippen MR) is 94.7 cm³/mol. The molecule has 132 valence electrons. The summed E-state index contributed by atoms with van der Waals surface area (Å²) in [5, 5.41) is 4.56. The highest BCUT2D eigenvalue weighted by atomic mass is 35.5. The minimum Gasteiger partial charge on any atom is -0.249 e. The van der Waals surface area contributed by atoms with Crippen LogP contribution in [0.5, 0.6) is 0 Å². The van der Waals surface area contributed by atoms with E-state index in [0.717, 1.165) is 11.8 Å². The van der Waals surface area contributed by atoms with E-state index >= 15 is 0 Å². The fraction of sp³-hybridized carbons (Fsp3) is 0.400. The summed E-state index contributed by atoms with van der Waals surface area (Å²) >= 11 is 6.29. The SMILES string of the molecule is Cc1nn(Cc2ccccc2)c(Cl)c1CS(=O)(=O)CCS(C)(=O)=O. The molecule has 0 aliphatic rings. The summed E-state index contributed by atoms with van der Waals surface area (Å²) in [6.45, 7) is 2.12. The van der Waals surface area contributed by atoms with Gasteiger partial charge in [0.1, 0.15) is 15.0 Å². The van der Waals surface area contributed by atoms with Gasteiger partial charge in [-0.3, -0.25) is 0 Å². The van der Waals surface area contributed by atoms with E-state index in [1.54, 1.807) is 11.6 Å². The standard InChI is InChI=1S/C15H19ClN2O4S2/c1-12-14(11-24(21,22)9-8-23(2,19)20)15(16)18(17-12)10-13-6-4-3-5-7-13/h3-7H,8-11H2,1-2H3. The van der Waals surface area contributed by atoms with Crippen molar-refractivity contribution in [1.29, 1.82) is 0 Å². The number of aryl methyl sites for hydroxylation is 1. The van der Waals surface area contributed by atoms with Crippen molar-refractivity contribution in [3.05, 3.63) is 52.3 Å². The maximum atomic E-state index is 12.2. The largest absolute Gasteiger partial charge is 0.249 e. The molecule has 1 aromatic heterocycles. The van der Waals surface area contributed by atoms with Gasteiger partial charge in [-0.2, -0.15) is 5.10 Å². The lowest BCUT2D eigenvalue weighted by Crippen LogP contribution is -2.18. The highest BCUT2D eigenvalue weighted by Gasteiger charge is 2.22. The van der Waals surface area contributed by atoms with Crippen LogP contribution in [0.2, 0.25) is 5.15 Å². The zero-order valence-electron chi connectivity index (χ0n) is 13.4. The Morgan fingerprint density at radius 2 is 1.71 bits per heavy atom. The highest BCUT2D eigenvalue weighted by Crippen LogP contribution is 2.23. The lowest BCUT2D eigenvalue weighted by molar-refractivity contribution is 0.589. The minimum atomic E-state index is -3.59. The number of aromatic nitrogens is 2. The van der Waals surface area contributed by atoms with Gasteiger partial charge in [0.05, 0.1) is 29.5 Å². The molecule has 1 aromatic carbocycles. The molecule has 2 rings (SSSR count). The van der Waals surface area contributed by atoms with Crippen LogP contribution in [0.15, 0.2) is 30.3 Å². The van der Waals surface area contributed by atoms with Gasteiger partial charge >= 0.3 is 0 Å². The number of halogens is 1. The summed E-state index contributed by atoms with van der Waals surface area (Å²) < 4.78 is 48.2. The van der Waals surface area contributed by atoms with Crippen LogP contribution in [-0.2, 0) is 32.0 Å². The number of sulfone groups is 2. The Labute approximate surface area is 147 Å². The lowest BCUT2D eigenvalue weighted by Gasteiger charge is -2.05. The molecule has 2 aromatic rings. The van der Waals surface area contributed by atoms with Crippen molar-refractivity contribution >= 4 is 31.3 Å². The maximum Gasteiger partial charge on any atom is 0.155 e. The Balaban J connectivity index is 2.20. The van der Waals surface area contributed by atoms with Crippen LogP contribution >= 0.6 is 11.6 Å². The van der Waals surface area contributed by atoms with Gasteiger partial charge in [0.2, 0.25) is 0 Å². The molecule has 0 fully saturated rings. The molecule has 0 unspecified atom stereocenters. The van der Waals surface area contributed by atoms with Crippen molar-refractivity contribution in [2.24, 2.45) is 0 Å². The summed E-state index contributed by atoms with van der Waals surface area (Å²) in [7, 11) is -6.93. The van der Waals surface area contributed by atoms with E-state index in [1.807, 2.05) is 30.3 Å². The molecular formula is C15H19ClN2O4S2. The molecule has 6 nitrogen and oxygen atoms in total. The third-order valence-electron chi connectivity index (χ3n) is 3.49. The zero-order valence-corrected chi connectivity index (χ0v) is 15.8. The fourth-order valence-electron chi connectivity index (χ4n) is 2.19. The summed E-state index contributed by atoms with van der Waals surface area (Å²) in [5.41, 5.74) is 1.94. The Morgan fingerprint density at radius 3 is 2.29 bits per heavy atom. The van der Waals surface area contributed by atoms with Crippen LogP contribution in [0, 0.1) is 6.92 Å². The number of hydrogen-bond acceptors (Lipinski definition) is 5. The van der Waals surface area contributed by atoms with Gasteiger partial charge in [0, 0.05) is 11.8 Å². The van der Waals surface area contributed by atoms with Crippen molar-refractivity contribution in [1.82, 2.24) is 9.78 Å². The van der Waals surface area contributed by atoms with Crippen molar-refractivity contribution in [2.75, 3.05) is 17.8 Å². The summed E-state index contributed by atoms with van der Waals surface area (Å²) in [6.07, 6.45) is 1.01. The van der Waals surface area contributed by atoms with Crippen LogP contribution < -0.4 is 0 Å². The van der Waals surface area contributed by atoms with Crippen LogP contribution in [-0.4, -0.2) is 44.4 Å². The summed E-state index contributed by atoms with van der Waals surface area (Å²) in [5.74, 6) is -1.14. The Hall–Kier alpha value is -1.38. The molecule has 0 aliphatic heterocycles. The summed E-state index contributed by atoms with van der Waals surface area (Å²) in [6, 6.07) is 9.55. The normalized spacial score (nSPS) is 12.5. The molecule has 0 spiro atoms. The molecule has 0 saturated carbocycles. The second-order valence-electron chi connectivity index (χ2n) is 5.72. The van der Waals surface area contributed by atoms with E-state index in [4.69, 9.17) is 11.6 Å². The molecule has 0 amide bonds. The van der Waals surface area contributed by atoms with E-state index in [1.165, 1.54) is 0 Å². The van der Waals surface area contributed by atoms with E-state index in [-0.39, 0.29) is 10.9 Å². The molecule has 0 radical (unpaired) electrons. The van der Waals surface area contributed by atoms with E-state index in [9.17, 15) is 16.8 Å². The molecule has 1 heterocycles. The Kier molecular flexibility index (Phi) is 5.72. The van der Waals surface area contributed by atoms with Gasteiger partial charge in [0.15, 0.2) is 9.84 Å². The predicted octanol–water partition coefficient (Wildman–Crippen LogP) is 1.85. The number of hydrogen-bond donors (Lipinski definition) is 0. The van der Waals surface area contributed by atoms with Gasteiger partial charge < -0.3 is 0 Å². The molecule has 9 heteroatoms. The highest BCUT2D eigenvalue weighted by molar-refractivity contribution is 7.94. The number of nitrogens with zero attached hydrogens (tertiary/aromatic N) is 2. The van der Waals surface area contributed by atoms with Gasteiger partial charge in [0.25, 0.3) is 0 Å². The second-order valence-corrected chi connectivity index (χ2v) is 10.5. The first-order valence-corrected chi connectivity index (χ1v) is 11.5. The first kappa shape index (κ1) is 19.0. The minimum absolute atomic E-state index is 0.263. The Morgan fingerprint density at radius 1 is 1.08 bits per heavy atom. The van der Waals surface area contributed by atoms with Gasteiger partial charge in [-0.25, -0.2) is 21.5 Å². The third kappa shape index (κ3) is 5.32. The quantitative estimate of drug-likeness (QED) is 0.720. The molecule has 24 heavy (non-hydrogen) atoms. The molecular weight excluding hydrogens is 372 g/mol. The van der Waals surface area contributed by atoms with Crippen molar-refractivity contribution in [3.8, 4) is 0 Å². The monoisotopic (exact) mass is 390 g/mol. The van der Waals surface area contributed by atoms with Crippen LogP contribution in [0.3, 0.4) is 0 Å². The van der Waals surface area contributed by atoms with Crippen molar-refractivity contribution in [2.45, 2.75) is 19.2 Å². The third-order valence-corrected chi connectivity index (χ3v) is 6.67. The topological polar surface area (TPSA) is 86.1 Å². The van der Waals surface area contributed by atoms with E-state index in [0.29, 0.717) is 17.8 Å². The molecule has 0 atom stereocenters. The van der Waals surface area contributed by atoms with Gasteiger partial charge in [-0.15, -0.1) is 0 Å². The first-order chi connectivity index (χ1) is 11.1.